The summed E-state index contributed by atoms with van der Waals surface area (Å²) in [6.45, 7) is 2.74. The second kappa shape index (κ2) is 8.57. The van der Waals surface area contributed by atoms with Gasteiger partial charge in [0.15, 0.2) is 0 Å². The number of nitrogens with zero attached hydrogens (tertiary/aromatic N) is 1. The summed E-state index contributed by atoms with van der Waals surface area (Å²) >= 11 is 0. The lowest BCUT2D eigenvalue weighted by Crippen LogP contribution is -2.37. The van der Waals surface area contributed by atoms with Crippen molar-refractivity contribution in [3.63, 3.8) is 0 Å². The Labute approximate surface area is 121 Å². The van der Waals surface area contributed by atoms with Crippen LogP contribution in [-0.2, 0) is 6.42 Å². The molecule has 0 bridgehead atoms. The van der Waals surface area contributed by atoms with E-state index in [0.717, 1.165) is 30.6 Å². The molecule has 2 N–H and O–H groups in total. The number of unbranched alkanes of at least 4 members (excludes halogenated alkanes) is 1. The number of aliphatic hydroxyl groups excluding tert-OH is 1. The van der Waals surface area contributed by atoms with Crippen molar-refractivity contribution in [3.05, 3.63) is 29.8 Å². The largest absolute Gasteiger partial charge is 0.494 e. The number of aliphatic hydroxyl groups is 1. The molecule has 0 spiro atoms. The highest BCUT2D eigenvalue weighted by atomic mass is 16.5. The fourth-order valence-electron chi connectivity index (χ4n) is 1.89. The van der Waals surface area contributed by atoms with Gasteiger partial charge in [-0.25, -0.2) is 0 Å². The number of benzene rings is 1. The zero-order valence-corrected chi connectivity index (χ0v) is 12.4. The first-order valence-electron chi connectivity index (χ1n) is 7.06. The monoisotopic (exact) mass is 276 g/mol. The molecular formula is C16H24N2O2. The first-order valence-corrected chi connectivity index (χ1v) is 7.06. The van der Waals surface area contributed by atoms with Gasteiger partial charge in [-0.1, -0.05) is 12.1 Å². The molecule has 1 atom stereocenters. The Kier molecular flexibility index (Phi) is 7.06. The minimum Gasteiger partial charge on any atom is -0.494 e. The van der Waals surface area contributed by atoms with Crippen LogP contribution in [0.5, 0.6) is 5.75 Å². The Bertz CT molecular complexity index is 425. The quantitative estimate of drug-likeness (QED) is 0.679. The summed E-state index contributed by atoms with van der Waals surface area (Å²) < 4.78 is 5.66. The first-order chi connectivity index (χ1) is 9.63. The van der Waals surface area contributed by atoms with E-state index in [1.807, 2.05) is 38.2 Å². The smallest absolute Gasteiger partial charge is 0.119 e. The summed E-state index contributed by atoms with van der Waals surface area (Å²) in [7, 11) is 1.81. The average Bonchev–Trinajstić information content (AvgIpc) is 2.48. The number of hydrogen-bond acceptors (Lipinski definition) is 4. The standard InChI is InChI=1S/C16H24N2O2/c1-16(13-17,18-2)10-3-4-12-20-15-7-5-14(6-8-15)9-11-19/h5-8,18-19H,3-4,9-12H2,1-2H3. The average molecular weight is 276 g/mol. The highest BCUT2D eigenvalue weighted by Crippen LogP contribution is 2.15. The fraction of sp³-hybridized carbons (Fsp3) is 0.562. The maximum Gasteiger partial charge on any atom is 0.119 e. The van der Waals surface area contributed by atoms with Gasteiger partial charge in [-0.15, -0.1) is 0 Å². The molecule has 110 valence electrons. The molecule has 4 heteroatoms. The molecule has 0 aromatic heterocycles. The second-order valence-electron chi connectivity index (χ2n) is 5.12. The molecule has 0 saturated carbocycles. The van der Waals surface area contributed by atoms with E-state index >= 15 is 0 Å². The molecule has 1 aromatic carbocycles. The minimum absolute atomic E-state index is 0.170. The van der Waals surface area contributed by atoms with Crippen LogP contribution < -0.4 is 10.1 Å². The molecule has 20 heavy (non-hydrogen) atoms. The summed E-state index contributed by atoms with van der Waals surface area (Å²) in [5.74, 6) is 0.850. The van der Waals surface area contributed by atoms with Crippen molar-refractivity contribution < 1.29 is 9.84 Å². The van der Waals surface area contributed by atoms with Gasteiger partial charge in [-0.2, -0.15) is 5.26 Å². The van der Waals surface area contributed by atoms with E-state index < -0.39 is 5.54 Å². The van der Waals surface area contributed by atoms with Crippen molar-refractivity contribution in [2.45, 2.75) is 38.1 Å². The molecule has 1 rings (SSSR count). The second-order valence-corrected chi connectivity index (χ2v) is 5.12. The predicted octanol–water partition coefficient (Wildman–Crippen LogP) is 2.27. The first kappa shape index (κ1) is 16.5. The third-order valence-corrected chi connectivity index (χ3v) is 3.46. The third-order valence-electron chi connectivity index (χ3n) is 3.46. The Hall–Kier alpha value is -1.57. The lowest BCUT2D eigenvalue weighted by atomic mass is 9.97. The summed E-state index contributed by atoms with van der Waals surface area (Å²) in [5, 5.41) is 20.9. The highest BCUT2D eigenvalue weighted by Gasteiger charge is 2.19. The lowest BCUT2D eigenvalue weighted by Gasteiger charge is -2.20. The molecule has 0 aliphatic heterocycles. The summed E-state index contributed by atoms with van der Waals surface area (Å²) in [6.07, 6.45) is 3.38. The zero-order valence-electron chi connectivity index (χ0n) is 12.4. The van der Waals surface area contributed by atoms with Crippen molar-refractivity contribution in [3.8, 4) is 11.8 Å². The van der Waals surface area contributed by atoms with E-state index in [1.54, 1.807) is 0 Å². The van der Waals surface area contributed by atoms with Crippen molar-refractivity contribution >= 4 is 0 Å². The number of nitrogens with one attached hydrogen (secondary N) is 1. The summed E-state index contributed by atoms with van der Waals surface area (Å²) in [5.41, 5.74) is 0.671. The van der Waals surface area contributed by atoms with Crippen LogP contribution in [0.3, 0.4) is 0 Å². The SMILES string of the molecule is CNC(C)(C#N)CCCCOc1ccc(CCO)cc1. The van der Waals surface area contributed by atoms with E-state index in [1.165, 1.54) is 0 Å². The van der Waals surface area contributed by atoms with Crippen molar-refractivity contribution in [2.24, 2.45) is 0 Å². The topological polar surface area (TPSA) is 65.3 Å². The maximum absolute atomic E-state index is 9.03. The van der Waals surface area contributed by atoms with Gasteiger partial charge in [0.25, 0.3) is 0 Å². The highest BCUT2D eigenvalue weighted by molar-refractivity contribution is 5.27. The molecule has 1 unspecified atom stereocenters. The molecule has 0 aliphatic rings. The molecule has 0 amide bonds. The number of rotatable bonds is 9. The van der Waals surface area contributed by atoms with E-state index in [2.05, 4.69) is 11.4 Å². The van der Waals surface area contributed by atoms with Gasteiger partial charge in [0.2, 0.25) is 0 Å². The van der Waals surface area contributed by atoms with Gasteiger partial charge in [0.05, 0.1) is 12.7 Å². The molecule has 0 aliphatic carbocycles. The predicted molar refractivity (Wildman–Crippen MR) is 79.7 cm³/mol. The number of ether oxygens (including phenoxy) is 1. The number of hydrogen-bond donors (Lipinski definition) is 2. The normalized spacial score (nSPS) is 13.5. The van der Waals surface area contributed by atoms with Gasteiger partial charge in [-0.05, 0) is 57.4 Å². The van der Waals surface area contributed by atoms with Crippen molar-refractivity contribution in [2.75, 3.05) is 20.3 Å². The Morgan fingerprint density at radius 3 is 2.55 bits per heavy atom. The van der Waals surface area contributed by atoms with Crippen LogP contribution >= 0.6 is 0 Å². The Morgan fingerprint density at radius 2 is 2.00 bits per heavy atom. The molecule has 4 nitrogen and oxygen atoms in total. The minimum atomic E-state index is -0.439. The van der Waals surface area contributed by atoms with E-state index in [4.69, 9.17) is 15.1 Å². The molecule has 1 aromatic rings. The van der Waals surface area contributed by atoms with E-state index in [0.29, 0.717) is 13.0 Å². The van der Waals surface area contributed by atoms with Crippen LogP contribution in [0, 0.1) is 11.3 Å². The van der Waals surface area contributed by atoms with Crippen LogP contribution in [0.15, 0.2) is 24.3 Å². The molecule has 0 saturated heterocycles. The Balaban J connectivity index is 2.23. The molecule has 0 fully saturated rings. The van der Waals surface area contributed by atoms with E-state index in [-0.39, 0.29) is 6.61 Å². The molecular weight excluding hydrogens is 252 g/mol. The summed E-state index contributed by atoms with van der Waals surface area (Å²) in [4.78, 5) is 0. The zero-order chi connectivity index (χ0) is 14.8. The summed E-state index contributed by atoms with van der Waals surface area (Å²) in [6, 6.07) is 10.1. The van der Waals surface area contributed by atoms with Crippen LogP contribution in [-0.4, -0.2) is 30.9 Å². The van der Waals surface area contributed by atoms with Gasteiger partial charge < -0.3 is 15.2 Å². The maximum atomic E-state index is 9.03. The number of nitriles is 1. The van der Waals surface area contributed by atoms with Crippen molar-refractivity contribution in [1.29, 1.82) is 5.26 Å². The third kappa shape index (κ3) is 5.60. The molecule has 0 heterocycles. The van der Waals surface area contributed by atoms with Gasteiger partial charge >= 0.3 is 0 Å². The van der Waals surface area contributed by atoms with Gasteiger partial charge in [0.1, 0.15) is 11.3 Å². The van der Waals surface area contributed by atoms with Crippen LogP contribution in [0.4, 0.5) is 0 Å². The van der Waals surface area contributed by atoms with Gasteiger partial charge in [0, 0.05) is 6.61 Å². The van der Waals surface area contributed by atoms with Crippen LogP contribution in [0.2, 0.25) is 0 Å². The lowest BCUT2D eigenvalue weighted by molar-refractivity contribution is 0.295. The van der Waals surface area contributed by atoms with Crippen LogP contribution in [0.25, 0.3) is 0 Å². The van der Waals surface area contributed by atoms with Crippen LogP contribution in [0.1, 0.15) is 31.7 Å². The van der Waals surface area contributed by atoms with E-state index in [9.17, 15) is 0 Å². The van der Waals surface area contributed by atoms with Crippen molar-refractivity contribution in [1.82, 2.24) is 5.32 Å². The van der Waals surface area contributed by atoms with Gasteiger partial charge in [-0.3, -0.25) is 0 Å². The molecule has 0 radical (unpaired) electrons. The fourth-order valence-corrected chi connectivity index (χ4v) is 1.89. The Morgan fingerprint density at radius 1 is 1.30 bits per heavy atom.